The van der Waals surface area contributed by atoms with Gasteiger partial charge in [-0.3, -0.25) is 4.90 Å². The number of aromatic nitrogens is 2. The summed E-state index contributed by atoms with van der Waals surface area (Å²) in [5, 5.41) is 3.10. The molecule has 2 aliphatic carbocycles. The van der Waals surface area contributed by atoms with Crippen LogP contribution in [0.5, 0.6) is 0 Å². The largest absolute Gasteiger partial charge is 0.446 e. The third-order valence-electron chi connectivity index (χ3n) is 8.26. The fraction of sp³-hybridized carbons (Fsp3) is 0.692. The van der Waals surface area contributed by atoms with Crippen LogP contribution in [0.25, 0.3) is 11.0 Å². The molecule has 0 spiro atoms. The highest BCUT2D eigenvalue weighted by Gasteiger charge is 2.42. The van der Waals surface area contributed by atoms with E-state index >= 15 is 0 Å². The first-order valence-corrected chi connectivity index (χ1v) is 13.1. The van der Waals surface area contributed by atoms with E-state index in [1.807, 2.05) is 0 Å². The van der Waals surface area contributed by atoms with Gasteiger partial charge >= 0.3 is 6.09 Å². The summed E-state index contributed by atoms with van der Waals surface area (Å²) in [6.45, 7) is 8.53. The summed E-state index contributed by atoms with van der Waals surface area (Å²) in [4.78, 5) is 22.3. The van der Waals surface area contributed by atoms with Crippen LogP contribution in [-0.2, 0) is 17.7 Å². The Balaban J connectivity index is 0.974. The number of rotatable bonds is 5. The Kier molecular flexibility index (Phi) is 5.68. The van der Waals surface area contributed by atoms with Crippen molar-refractivity contribution < 1.29 is 9.53 Å². The van der Waals surface area contributed by atoms with Gasteiger partial charge in [0.05, 0.1) is 11.0 Å². The fourth-order valence-electron chi connectivity index (χ4n) is 6.09. The molecule has 1 aromatic carbocycles. The minimum Gasteiger partial charge on any atom is -0.446 e. The molecule has 4 aliphatic rings. The lowest BCUT2D eigenvalue weighted by Gasteiger charge is -2.36. The molecule has 1 saturated heterocycles. The Morgan fingerprint density at radius 3 is 2.76 bits per heavy atom. The number of carbonyl (C=O) groups excluding carboxylic acids is 1. The molecule has 2 aliphatic heterocycles. The predicted molar refractivity (Wildman–Crippen MR) is 130 cm³/mol. The molecule has 2 atom stereocenters. The Morgan fingerprint density at radius 2 is 1.94 bits per heavy atom. The zero-order valence-corrected chi connectivity index (χ0v) is 19.8. The number of imidazole rings is 1. The van der Waals surface area contributed by atoms with Crippen molar-refractivity contribution in [3.8, 4) is 0 Å². The summed E-state index contributed by atoms with van der Waals surface area (Å²) in [5.74, 6) is 2.44. The van der Waals surface area contributed by atoms with Crippen molar-refractivity contribution in [2.75, 3.05) is 37.6 Å². The van der Waals surface area contributed by atoms with E-state index in [-0.39, 0.29) is 12.2 Å². The van der Waals surface area contributed by atoms with Gasteiger partial charge in [-0.1, -0.05) is 19.1 Å². The van der Waals surface area contributed by atoms with Crippen LogP contribution in [0.15, 0.2) is 18.2 Å². The van der Waals surface area contributed by atoms with E-state index in [0.717, 1.165) is 75.9 Å². The minimum atomic E-state index is -0.202. The topological polar surface area (TPSA) is 62.6 Å². The molecule has 7 nitrogen and oxygen atoms in total. The maximum absolute atomic E-state index is 12.3. The van der Waals surface area contributed by atoms with Crippen molar-refractivity contribution in [1.29, 1.82) is 0 Å². The molecule has 1 amide bonds. The van der Waals surface area contributed by atoms with E-state index < -0.39 is 0 Å². The number of benzene rings is 1. The monoisotopic (exact) mass is 451 g/mol. The summed E-state index contributed by atoms with van der Waals surface area (Å²) in [6, 6.07) is 6.86. The summed E-state index contributed by atoms with van der Waals surface area (Å²) in [6.07, 6.45) is 7.87. The number of nitrogens with zero attached hydrogens (tertiary/aromatic N) is 4. The number of amides is 1. The molecule has 3 fully saturated rings. The van der Waals surface area contributed by atoms with Gasteiger partial charge < -0.3 is 19.5 Å². The van der Waals surface area contributed by atoms with Crippen molar-refractivity contribution >= 4 is 23.1 Å². The lowest BCUT2D eigenvalue weighted by atomic mass is 9.87. The second kappa shape index (κ2) is 8.82. The number of para-hydroxylation sites is 1. The molecule has 2 aromatic rings. The highest BCUT2D eigenvalue weighted by atomic mass is 16.6. The molecule has 33 heavy (non-hydrogen) atoms. The smallest absolute Gasteiger partial charge is 0.407 e. The van der Waals surface area contributed by atoms with Crippen LogP contribution >= 0.6 is 0 Å². The maximum Gasteiger partial charge on any atom is 0.407 e. The number of hydrogen-bond acceptors (Lipinski definition) is 5. The number of aryl methyl sites for hydroxylation is 2. The van der Waals surface area contributed by atoms with E-state index in [4.69, 9.17) is 9.72 Å². The third-order valence-corrected chi connectivity index (χ3v) is 8.26. The van der Waals surface area contributed by atoms with Gasteiger partial charge in [0.1, 0.15) is 6.10 Å². The van der Waals surface area contributed by atoms with E-state index in [1.54, 1.807) is 0 Å². The van der Waals surface area contributed by atoms with Crippen molar-refractivity contribution in [3.05, 3.63) is 23.8 Å². The summed E-state index contributed by atoms with van der Waals surface area (Å²) >= 11 is 0. The number of alkyl carbamates (subject to hydrolysis) is 1. The average Bonchev–Trinajstić information content (AvgIpc) is 3.43. The Bertz CT molecular complexity index is 1000. The van der Waals surface area contributed by atoms with Gasteiger partial charge in [-0.05, 0) is 62.5 Å². The van der Waals surface area contributed by atoms with Gasteiger partial charge in [0.25, 0.3) is 0 Å². The highest BCUT2D eigenvalue weighted by molar-refractivity contribution is 5.83. The normalized spacial score (nSPS) is 29.8. The van der Waals surface area contributed by atoms with E-state index in [9.17, 15) is 4.79 Å². The molecule has 1 N–H and O–H groups in total. The molecule has 1 aromatic heterocycles. The standard InChI is InChI=1S/C26H37N5O2/c1-18-7-9-21(10-8-18)27-26(32)33-23-16-20(23)17-29-12-14-30(15-13-29)25-28-22-6-2-4-19-5-3-11-31(25)24(19)22/h2,4,6,18,20-21,23H,3,5,7-17H2,1H3,(H,27,32)/t18?,20-,21?,23-/m1/s1. The molecular formula is C26H37N5O2. The molecule has 0 radical (unpaired) electrons. The molecule has 6 rings (SSSR count). The van der Waals surface area contributed by atoms with Crippen molar-refractivity contribution in [2.45, 2.75) is 70.6 Å². The first-order valence-electron chi connectivity index (χ1n) is 13.1. The van der Waals surface area contributed by atoms with Crippen molar-refractivity contribution in [1.82, 2.24) is 19.8 Å². The maximum atomic E-state index is 12.3. The molecule has 3 heterocycles. The summed E-state index contributed by atoms with van der Waals surface area (Å²) < 4.78 is 8.16. The van der Waals surface area contributed by atoms with Crippen LogP contribution < -0.4 is 10.2 Å². The number of anilines is 1. The number of nitrogens with one attached hydrogen (secondary N) is 1. The minimum absolute atomic E-state index is 0.103. The number of carbonyl (C=O) groups is 1. The summed E-state index contributed by atoms with van der Waals surface area (Å²) in [5.41, 5.74) is 3.93. The van der Waals surface area contributed by atoms with Gasteiger partial charge in [0, 0.05) is 51.2 Å². The molecule has 0 bridgehead atoms. The van der Waals surface area contributed by atoms with Crippen molar-refractivity contribution in [3.63, 3.8) is 0 Å². The van der Waals surface area contributed by atoms with Crippen LogP contribution in [0.4, 0.5) is 10.7 Å². The quantitative estimate of drug-likeness (QED) is 0.749. The number of ether oxygens (including phenoxy) is 1. The van der Waals surface area contributed by atoms with Gasteiger partial charge in [-0.25, -0.2) is 9.78 Å². The first kappa shape index (κ1) is 21.3. The van der Waals surface area contributed by atoms with Crippen LogP contribution in [0.1, 0.15) is 51.0 Å². The Morgan fingerprint density at radius 1 is 1.12 bits per heavy atom. The van der Waals surface area contributed by atoms with Gasteiger partial charge in [-0.2, -0.15) is 0 Å². The zero-order chi connectivity index (χ0) is 22.4. The van der Waals surface area contributed by atoms with Crippen LogP contribution in [0, 0.1) is 11.8 Å². The van der Waals surface area contributed by atoms with E-state index in [0.29, 0.717) is 12.0 Å². The molecule has 178 valence electrons. The SMILES string of the molecule is CC1CCC(NC(=O)O[C@@H]2C[C@@H]2CN2CCN(c3nc4cccc5c4n3CCC5)CC2)CC1. The predicted octanol–water partition coefficient (Wildman–Crippen LogP) is 3.80. The molecule has 0 unspecified atom stereocenters. The lowest BCUT2D eigenvalue weighted by Crippen LogP contribution is -2.48. The van der Waals surface area contributed by atoms with Gasteiger partial charge in [0.2, 0.25) is 5.95 Å². The first-order chi connectivity index (χ1) is 16.1. The average molecular weight is 452 g/mol. The van der Waals surface area contributed by atoms with Gasteiger partial charge in [-0.15, -0.1) is 0 Å². The second-order valence-corrected chi connectivity index (χ2v) is 10.8. The van der Waals surface area contributed by atoms with Crippen LogP contribution in [0.2, 0.25) is 0 Å². The third kappa shape index (κ3) is 4.44. The van der Waals surface area contributed by atoms with E-state index in [2.05, 4.69) is 44.8 Å². The zero-order valence-electron chi connectivity index (χ0n) is 19.8. The lowest BCUT2D eigenvalue weighted by molar-refractivity contribution is 0.120. The van der Waals surface area contributed by atoms with Crippen LogP contribution in [-0.4, -0.2) is 65.4 Å². The molecule has 7 heteroatoms. The fourth-order valence-corrected chi connectivity index (χ4v) is 6.09. The second-order valence-electron chi connectivity index (χ2n) is 10.8. The van der Waals surface area contributed by atoms with E-state index in [1.165, 1.54) is 36.8 Å². The Hall–Kier alpha value is -2.28. The Labute approximate surface area is 196 Å². The number of piperazine rings is 1. The molecular weight excluding hydrogens is 414 g/mol. The molecule has 2 saturated carbocycles. The highest BCUT2D eigenvalue weighted by Crippen LogP contribution is 2.36. The summed E-state index contributed by atoms with van der Waals surface area (Å²) in [7, 11) is 0. The van der Waals surface area contributed by atoms with Crippen molar-refractivity contribution in [2.24, 2.45) is 11.8 Å². The van der Waals surface area contributed by atoms with Gasteiger partial charge in [0.15, 0.2) is 0 Å². The van der Waals surface area contributed by atoms with Crippen LogP contribution in [0.3, 0.4) is 0 Å². The number of hydrogen-bond donors (Lipinski definition) is 1.